The Labute approximate surface area is 197 Å². The van der Waals surface area contributed by atoms with Gasteiger partial charge in [-0.15, -0.1) is 10.2 Å². The summed E-state index contributed by atoms with van der Waals surface area (Å²) in [4.78, 5) is 15.3. The number of hydrogen-bond acceptors (Lipinski definition) is 5. The fourth-order valence-electron chi connectivity index (χ4n) is 4.21. The minimum absolute atomic E-state index is 0.0940. The molecular weight excluding hydrogens is 437 g/mol. The van der Waals surface area contributed by atoms with E-state index in [1.165, 1.54) is 42.8 Å². The van der Waals surface area contributed by atoms with Crippen LogP contribution >= 0.6 is 11.8 Å². The van der Waals surface area contributed by atoms with Gasteiger partial charge in [0.05, 0.1) is 10.8 Å². The van der Waals surface area contributed by atoms with Gasteiger partial charge in [0.25, 0.3) is 0 Å². The molecule has 2 aromatic carbocycles. The molecule has 0 unspecified atom stereocenters. The van der Waals surface area contributed by atoms with Crippen molar-refractivity contribution in [1.82, 2.24) is 14.8 Å². The number of thioether (sulfide) groups is 1. The molecule has 1 atom stereocenters. The molecule has 2 heterocycles. The van der Waals surface area contributed by atoms with Crippen LogP contribution in [-0.4, -0.2) is 39.0 Å². The zero-order valence-corrected chi connectivity index (χ0v) is 19.5. The van der Waals surface area contributed by atoms with Crippen LogP contribution in [0.4, 0.5) is 15.8 Å². The van der Waals surface area contributed by atoms with Crippen molar-refractivity contribution in [2.24, 2.45) is 0 Å². The van der Waals surface area contributed by atoms with Gasteiger partial charge >= 0.3 is 0 Å². The summed E-state index contributed by atoms with van der Waals surface area (Å²) in [6.07, 6.45) is 5.79. The number of aromatic nitrogens is 3. The van der Waals surface area contributed by atoms with Crippen LogP contribution in [0, 0.1) is 5.82 Å². The summed E-state index contributed by atoms with van der Waals surface area (Å²) in [6, 6.07) is 14.9. The van der Waals surface area contributed by atoms with Crippen LogP contribution in [0.3, 0.4) is 0 Å². The van der Waals surface area contributed by atoms with Crippen LogP contribution in [0.2, 0.25) is 0 Å². The maximum Gasteiger partial charge on any atom is 0.237 e. The maximum atomic E-state index is 14.4. The maximum absolute atomic E-state index is 14.4. The molecule has 3 aromatic rings. The molecule has 1 saturated heterocycles. The van der Waals surface area contributed by atoms with Crippen molar-refractivity contribution >= 4 is 29.0 Å². The predicted molar refractivity (Wildman–Crippen MR) is 130 cm³/mol. The summed E-state index contributed by atoms with van der Waals surface area (Å²) >= 11 is 1.36. The summed E-state index contributed by atoms with van der Waals surface area (Å²) in [7, 11) is 0. The van der Waals surface area contributed by atoms with Crippen LogP contribution in [0.25, 0.3) is 11.4 Å². The molecule has 1 N–H and O–H groups in total. The number of halogens is 1. The molecule has 33 heavy (non-hydrogen) atoms. The number of benzene rings is 2. The highest BCUT2D eigenvalue weighted by molar-refractivity contribution is 8.00. The molecule has 1 saturated carbocycles. The lowest BCUT2D eigenvalue weighted by atomic mass is 10.1. The minimum atomic E-state index is -0.373. The molecule has 172 valence electrons. The van der Waals surface area contributed by atoms with Gasteiger partial charge in [0.1, 0.15) is 5.82 Å². The first kappa shape index (κ1) is 21.9. The van der Waals surface area contributed by atoms with E-state index >= 15 is 0 Å². The molecule has 0 bridgehead atoms. The van der Waals surface area contributed by atoms with Crippen LogP contribution in [0.5, 0.6) is 0 Å². The number of rotatable bonds is 7. The third kappa shape index (κ3) is 4.90. The second-order valence-electron chi connectivity index (χ2n) is 8.73. The van der Waals surface area contributed by atoms with E-state index in [1.54, 1.807) is 18.2 Å². The topological polar surface area (TPSA) is 63.1 Å². The average molecular weight is 466 g/mol. The number of anilines is 2. The van der Waals surface area contributed by atoms with Crippen molar-refractivity contribution in [3.05, 3.63) is 54.3 Å². The van der Waals surface area contributed by atoms with E-state index in [0.29, 0.717) is 16.5 Å². The van der Waals surface area contributed by atoms with Crippen LogP contribution in [-0.2, 0) is 4.79 Å². The molecule has 5 rings (SSSR count). The van der Waals surface area contributed by atoms with E-state index in [1.807, 2.05) is 23.6 Å². The van der Waals surface area contributed by atoms with E-state index < -0.39 is 0 Å². The predicted octanol–water partition coefficient (Wildman–Crippen LogP) is 5.53. The molecule has 6 nitrogen and oxygen atoms in total. The van der Waals surface area contributed by atoms with Crippen LogP contribution < -0.4 is 10.2 Å². The molecule has 1 aliphatic carbocycles. The third-order valence-corrected chi connectivity index (χ3v) is 7.26. The van der Waals surface area contributed by atoms with E-state index in [0.717, 1.165) is 31.6 Å². The van der Waals surface area contributed by atoms with Gasteiger partial charge in [0, 0.05) is 30.5 Å². The number of nitrogens with zero attached hydrogens (tertiary/aromatic N) is 4. The Kier molecular flexibility index (Phi) is 6.35. The molecule has 1 amide bonds. The lowest BCUT2D eigenvalue weighted by Crippen LogP contribution is -2.29. The highest BCUT2D eigenvalue weighted by Gasteiger charge is 2.32. The van der Waals surface area contributed by atoms with Gasteiger partial charge in [-0.2, -0.15) is 0 Å². The molecule has 0 radical (unpaired) electrons. The van der Waals surface area contributed by atoms with Crippen molar-refractivity contribution in [2.75, 3.05) is 23.3 Å². The van der Waals surface area contributed by atoms with Gasteiger partial charge in [-0.3, -0.25) is 9.36 Å². The Hall–Kier alpha value is -2.87. The molecule has 0 spiro atoms. The Balaban J connectivity index is 1.26. The summed E-state index contributed by atoms with van der Waals surface area (Å²) in [5, 5.41) is 11.9. The van der Waals surface area contributed by atoms with E-state index in [9.17, 15) is 9.18 Å². The molecule has 2 aliphatic rings. The first-order valence-electron chi connectivity index (χ1n) is 11.6. The van der Waals surface area contributed by atoms with Crippen LogP contribution in [0.15, 0.2) is 53.7 Å². The lowest BCUT2D eigenvalue weighted by molar-refractivity contribution is -0.115. The van der Waals surface area contributed by atoms with Gasteiger partial charge in [0.2, 0.25) is 5.91 Å². The van der Waals surface area contributed by atoms with E-state index in [4.69, 9.17) is 0 Å². The Morgan fingerprint density at radius 1 is 1.06 bits per heavy atom. The van der Waals surface area contributed by atoms with Crippen LogP contribution in [0.1, 0.15) is 45.1 Å². The quantitative estimate of drug-likeness (QED) is 0.465. The standard InChI is InChI=1S/C25H28FN5OS/c1-17(24(32)27-18-9-11-19(12-10-18)30-15-5-2-6-16-30)33-25-29-28-23(31(25)20-13-14-20)21-7-3-4-8-22(21)26/h3-4,7-12,17,20H,2,5-6,13-16H2,1H3,(H,27,32)/t17-/m1/s1. The van der Waals surface area contributed by atoms with Crippen molar-refractivity contribution in [1.29, 1.82) is 0 Å². The molecular formula is C25H28FN5OS. The second kappa shape index (κ2) is 9.55. The molecule has 8 heteroatoms. The molecule has 2 fully saturated rings. The van der Waals surface area contributed by atoms with Gasteiger partial charge in [-0.25, -0.2) is 4.39 Å². The van der Waals surface area contributed by atoms with Crippen molar-refractivity contribution in [3.8, 4) is 11.4 Å². The Morgan fingerprint density at radius 2 is 1.79 bits per heavy atom. The SMILES string of the molecule is C[C@@H](Sc1nnc(-c2ccccc2F)n1C1CC1)C(=O)Nc1ccc(N2CCCCC2)cc1. The fraction of sp³-hybridized carbons (Fsp3) is 0.400. The number of carbonyl (C=O) groups excluding carboxylic acids is 1. The minimum Gasteiger partial charge on any atom is -0.372 e. The smallest absolute Gasteiger partial charge is 0.237 e. The summed E-state index contributed by atoms with van der Waals surface area (Å²) in [5.41, 5.74) is 2.42. The number of carbonyl (C=O) groups is 1. The second-order valence-corrected chi connectivity index (χ2v) is 10.0. The highest BCUT2D eigenvalue weighted by Crippen LogP contribution is 2.42. The Bertz CT molecular complexity index is 1120. The van der Waals surface area contributed by atoms with Gasteiger partial charge < -0.3 is 10.2 Å². The van der Waals surface area contributed by atoms with Crippen molar-refractivity contribution in [3.63, 3.8) is 0 Å². The normalized spacial score (nSPS) is 17.1. The summed E-state index contributed by atoms with van der Waals surface area (Å²) in [5.74, 6) is 0.115. The number of amides is 1. The zero-order chi connectivity index (χ0) is 22.8. The zero-order valence-electron chi connectivity index (χ0n) is 18.7. The summed E-state index contributed by atoms with van der Waals surface area (Å²) < 4.78 is 16.4. The van der Waals surface area contributed by atoms with Crippen molar-refractivity contribution in [2.45, 2.75) is 55.5 Å². The fourth-order valence-corrected chi connectivity index (χ4v) is 5.13. The average Bonchev–Trinajstić information content (AvgIpc) is 3.60. The van der Waals surface area contributed by atoms with Gasteiger partial charge in [0.15, 0.2) is 11.0 Å². The molecule has 1 aromatic heterocycles. The first-order chi connectivity index (χ1) is 16.1. The first-order valence-corrected chi connectivity index (χ1v) is 12.5. The largest absolute Gasteiger partial charge is 0.372 e. The van der Waals surface area contributed by atoms with Crippen molar-refractivity contribution < 1.29 is 9.18 Å². The van der Waals surface area contributed by atoms with E-state index in [-0.39, 0.29) is 23.0 Å². The molecule has 1 aliphatic heterocycles. The third-order valence-electron chi connectivity index (χ3n) is 6.20. The van der Waals surface area contributed by atoms with Gasteiger partial charge in [-0.05, 0) is 75.4 Å². The highest BCUT2D eigenvalue weighted by atomic mass is 32.2. The lowest BCUT2D eigenvalue weighted by Gasteiger charge is -2.28. The number of hydrogen-bond donors (Lipinski definition) is 1. The monoisotopic (exact) mass is 465 g/mol. The number of nitrogens with one attached hydrogen (secondary N) is 1. The summed E-state index contributed by atoms with van der Waals surface area (Å²) in [6.45, 7) is 4.04. The Morgan fingerprint density at radius 3 is 2.48 bits per heavy atom. The van der Waals surface area contributed by atoms with E-state index in [2.05, 4.69) is 32.5 Å². The number of piperidine rings is 1. The van der Waals surface area contributed by atoms with Gasteiger partial charge in [-0.1, -0.05) is 23.9 Å².